The van der Waals surface area contributed by atoms with Crippen LogP contribution in [-0.2, 0) is 9.53 Å². The van der Waals surface area contributed by atoms with Gasteiger partial charge in [0.1, 0.15) is 5.82 Å². The maximum Gasteiger partial charge on any atom is 0.338 e. The van der Waals surface area contributed by atoms with E-state index in [0.29, 0.717) is 10.5 Å². The number of carbonyl (C=O) groups excluding carboxylic acids is 1. The van der Waals surface area contributed by atoms with Gasteiger partial charge in [0, 0.05) is 5.56 Å². The highest BCUT2D eigenvalue weighted by Gasteiger charge is 2.32. The third-order valence-corrected chi connectivity index (χ3v) is 6.13. The van der Waals surface area contributed by atoms with E-state index in [2.05, 4.69) is 4.99 Å². The SMILES string of the molecule is COC(=O)C1=C(C)N=c2s/c(=C/c3c(F)cccc3Cl)c(=O)n2C1c1ccccc1. The fourth-order valence-corrected chi connectivity index (χ4v) is 4.67. The summed E-state index contributed by atoms with van der Waals surface area (Å²) >= 11 is 7.24. The van der Waals surface area contributed by atoms with Crippen LogP contribution in [0.3, 0.4) is 0 Å². The Balaban J connectivity index is 2.01. The summed E-state index contributed by atoms with van der Waals surface area (Å²) in [5, 5.41) is 0.201. The molecule has 8 heteroatoms. The summed E-state index contributed by atoms with van der Waals surface area (Å²) < 4.78 is 20.9. The summed E-state index contributed by atoms with van der Waals surface area (Å²) in [6.45, 7) is 1.70. The molecule has 1 aromatic heterocycles. The van der Waals surface area contributed by atoms with Crippen LogP contribution in [0.15, 0.2) is 69.6 Å². The van der Waals surface area contributed by atoms with Crippen molar-refractivity contribution < 1.29 is 13.9 Å². The summed E-state index contributed by atoms with van der Waals surface area (Å²) in [6.07, 6.45) is 1.42. The molecule has 2 heterocycles. The highest BCUT2D eigenvalue weighted by molar-refractivity contribution is 7.07. The number of fused-ring (bicyclic) bond motifs is 1. The number of nitrogens with zero attached hydrogens (tertiary/aromatic N) is 2. The molecule has 0 N–H and O–H groups in total. The van der Waals surface area contributed by atoms with Crippen molar-refractivity contribution in [1.82, 2.24) is 4.57 Å². The summed E-state index contributed by atoms with van der Waals surface area (Å²) in [7, 11) is 1.29. The lowest BCUT2D eigenvalue weighted by atomic mass is 9.96. The number of hydrogen-bond donors (Lipinski definition) is 0. The van der Waals surface area contributed by atoms with Gasteiger partial charge in [-0.3, -0.25) is 9.36 Å². The lowest BCUT2D eigenvalue weighted by Crippen LogP contribution is -2.39. The van der Waals surface area contributed by atoms with E-state index >= 15 is 0 Å². The van der Waals surface area contributed by atoms with E-state index in [9.17, 15) is 14.0 Å². The first-order chi connectivity index (χ1) is 14.4. The van der Waals surface area contributed by atoms with E-state index in [1.807, 2.05) is 30.3 Å². The third-order valence-electron chi connectivity index (χ3n) is 4.82. The molecule has 0 aliphatic carbocycles. The predicted molar refractivity (Wildman–Crippen MR) is 114 cm³/mol. The molecule has 3 aromatic rings. The largest absolute Gasteiger partial charge is 0.466 e. The Morgan fingerprint density at radius 2 is 1.97 bits per heavy atom. The number of aromatic nitrogens is 1. The minimum Gasteiger partial charge on any atom is -0.466 e. The Bertz CT molecular complexity index is 1340. The second-order valence-electron chi connectivity index (χ2n) is 6.62. The topological polar surface area (TPSA) is 60.7 Å². The number of methoxy groups -OCH3 is 1. The zero-order valence-electron chi connectivity index (χ0n) is 16.1. The van der Waals surface area contributed by atoms with Gasteiger partial charge in [-0.1, -0.05) is 59.3 Å². The number of benzene rings is 2. The van der Waals surface area contributed by atoms with Crippen molar-refractivity contribution >= 4 is 35.0 Å². The molecule has 1 aliphatic rings. The number of thiazole rings is 1. The number of hydrogen-bond acceptors (Lipinski definition) is 5. The van der Waals surface area contributed by atoms with Gasteiger partial charge in [0.2, 0.25) is 0 Å². The van der Waals surface area contributed by atoms with Crippen molar-refractivity contribution in [3.8, 4) is 0 Å². The first-order valence-corrected chi connectivity index (χ1v) is 10.2. The second-order valence-corrected chi connectivity index (χ2v) is 8.04. The van der Waals surface area contributed by atoms with Gasteiger partial charge in [-0.05, 0) is 30.7 Å². The standard InChI is InChI=1S/C22H16ClFN2O3S/c1-12-18(21(28)29-2)19(13-7-4-3-5-8-13)26-20(27)17(30-22(26)25-12)11-14-15(23)9-6-10-16(14)24/h3-11,19H,1-2H3/b17-11+. The van der Waals surface area contributed by atoms with Crippen molar-refractivity contribution in [2.75, 3.05) is 7.11 Å². The Morgan fingerprint density at radius 1 is 1.23 bits per heavy atom. The van der Waals surface area contributed by atoms with Crippen LogP contribution in [0.5, 0.6) is 0 Å². The Kier molecular flexibility index (Phi) is 5.40. The summed E-state index contributed by atoms with van der Waals surface area (Å²) in [6, 6.07) is 12.8. The molecule has 2 aromatic carbocycles. The van der Waals surface area contributed by atoms with E-state index in [1.165, 1.54) is 29.9 Å². The maximum absolute atomic E-state index is 14.3. The number of carbonyl (C=O) groups is 1. The van der Waals surface area contributed by atoms with E-state index in [4.69, 9.17) is 16.3 Å². The van der Waals surface area contributed by atoms with E-state index in [0.717, 1.165) is 16.9 Å². The molecular weight excluding hydrogens is 427 g/mol. The van der Waals surface area contributed by atoms with Crippen LogP contribution in [0.1, 0.15) is 24.1 Å². The average molecular weight is 443 g/mol. The minimum absolute atomic E-state index is 0.129. The van der Waals surface area contributed by atoms with Crippen LogP contribution >= 0.6 is 22.9 Å². The highest BCUT2D eigenvalue weighted by Crippen LogP contribution is 2.30. The smallest absolute Gasteiger partial charge is 0.338 e. The van der Waals surface area contributed by atoms with Crippen molar-refractivity contribution in [2.24, 2.45) is 4.99 Å². The quantitative estimate of drug-likeness (QED) is 0.585. The van der Waals surface area contributed by atoms with Gasteiger partial charge in [0.05, 0.1) is 34.0 Å². The lowest BCUT2D eigenvalue weighted by Gasteiger charge is -2.24. The fraction of sp³-hybridized carbons (Fsp3) is 0.136. The van der Waals surface area contributed by atoms with E-state index < -0.39 is 17.8 Å². The minimum atomic E-state index is -0.701. The molecule has 1 aliphatic heterocycles. The Labute approximate surface area is 180 Å². The van der Waals surface area contributed by atoms with Gasteiger partial charge in [0.25, 0.3) is 5.56 Å². The molecule has 4 rings (SSSR count). The number of esters is 1. The number of halogens is 2. The van der Waals surface area contributed by atoms with Crippen LogP contribution in [0, 0.1) is 5.82 Å². The zero-order valence-corrected chi connectivity index (χ0v) is 17.6. The third kappa shape index (κ3) is 3.40. The van der Waals surface area contributed by atoms with Gasteiger partial charge in [-0.25, -0.2) is 14.2 Å². The number of allylic oxidation sites excluding steroid dienone is 1. The molecule has 5 nitrogen and oxygen atoms in total. The van der Waals surface area contributed by atoms with Crippen LogP contribution in [0.2, 0.25) is 5.02 Å². The molecule has 0 spiro atoms. The maximum atomic E-state index is 14.3. The normalized spacial score (nSPS) is 16.3. The monoisotopic (exact) mass is 442 g/mol. The summed E-state index contributed by atoms with van der Waals surface area (Å²) in [5.41, 5.74) is 1.23. The summed E-state index contributed by atoms with van der Waals surface area (Å²) in [5.74, 6) is -1.09. The molecule has 152 valence electrons. The molecular formula is C22H16ClFN2O3S. The molecule has 0 fully saturated rings. The van der Waals surface area contributed by atoms with Gasteiger partial charge in [0.15, 0.2) is 4.80 Å². The highest BCUT2D eigenvalue weighted by atomic mass is 35.5. The fourth-order valence-electron chi connectivity index (χ4n) is 3.42. The van der Waals surface area contributed by atoms with Crippen LogP contribution in [0.4, 0.5) is 4.39 Å². The molecule has 30 heavy (non-hydrogen) atoms. The second kappa shape index (κ2) is 8.01. The molecule has 1 unspecified atom stereocenters. The van der Waals surface area contributed by atoms with Crippen molar-refractivity contribution in [2.45, 2.75) is 13.0 Å². The molecule has 0 saturated heterocycles. The molecule has 0 radical (unpaired) electrons. The first-order valence-electron chi connectivity index (χ1n) is 9.02. The number of ether oxygens (including phenoxy) is 1. The van der Waals surface area contributed by atoms with Crippen molar-refractivity contribution in [3.63, 3.8) is 0 Å². The van der Waals surface area contributed by atoms with E-state index in [1.54, 1.807) is 13.0 Å². The van der Waals surface area contributed by atoms with Gasteiger partial charge >= 0.3 is 5.97 Å². The summed E-state index contributed by atoms with van der Waals surface area (Å²) in [4.78, 5) is 30.7. The molecule has 1 atom stereocenters. The van der Waals surface area contributed by atoms with Crippen molar-refractivity contribution in [3.05, 3.63) is 101 Å². The van der Waals surface area contributed by atoms with E-state index in [-0.39, 0.29) is 26.3 Å². The first kappa shape index (κ1) is 20.3. The predicted octanol–water partition coefficient (Wildman–Crippen LogP) is 3.20. The number of rotatable bonds is 3. The molecule has 0 amide bonds. The van der Waals surface area contributed by atoms with Gasteiger partial charge in [-0.2, -0.15) is 0 Å². The van der Waals surface area contributed by atoms with Gasteiger partial charge < -0.3 is 4.74 Å². The zero-order chi connectivity index (χ0) is 21.4. The Hall–Kier alpha value is -3.03. The molecule has 0 bridgehead atoms. The van der Waals surface area contributed by atoms with Gasteiger partial charge in [-0.15, -0.1) is 0 Å². The average Bonchev–Trinajstić information content (AvgIpc) is 3.04. The van der Waals surface area contributed by atoms with Crippen LogP contribution in [0.25, 0.3) is 6.08 Å². The Morgan fingerprint density at radius 3 is 2.63 bits per heavy atom. The molecule has 0 saturated carbocycles. The van der Waals surface area contributed by atoms with Crippen molar-refractivity contribution in [1.29, 1.82) is 0 Å². The van der Waals surface area contributed by atoms with Crippen LogP contribution in [-0.4, -0.2) is 17.6 Å². The van der Waals surface area contributed by atoms with Crippen LogP contribution < -0.4 is 14.9 Å². The lowest BCUT2D eigenvalue weighted by molar-refractivity contribution is -0.136.